The summed E-state index contributed by atoms with van der Waals surface area (Å²) in [6, 6.07) is 8.34. The summed E-state index contributed by atoms with van der Waals surface area (Å²) in [4.78, 5) is 12.4. The van der Waals surface area contributed by atoms with Gasteiger partial charge in [-0.2, -0.15) is 5.10 Å². The lowest BCUT2D eigenvalue weighted by Crippen LogP contribution is -2.27. The molecule has 1 N–H and O–H groups in total. The zero-order chi connectivity index (χ0) is 17.3. The van der Waals surface area contributed by atoms with Crippen LogP contribution in [0.4, 0.5) is 4.39 Å². The van der Waals surface area contributed by atoms with E-state index in [4.69, 9.17) is 0 Å². The van der Waals surface area contributed by atoms with Crippen LogP contribution in [0, 0.1) is 19.7 Å². The minimum absolute atomic E-state index is 0.150. The molecule has 0 bridgehead atoms. The number of hydrogen-bond donors (Lipinski definition) is 1. The summed E-state index contributed by atoms with van der Waals surface area (Å²) < 4.78 is 17.0. The number of fused-ring (bicyclic) bond motifs is 1. The Bertz CT molecular complexity index is 894. The van der Waals surface area contributed by atoms with Crippen molar-refractivity contribution in [2.24, 2.45) is 7.05 Å². The second kappa shape index (κ2) is 6.47. The Morgan fingerprint density at radius 2 is 2.04 bits per heavy atom. The molecule has 0 saturated heterocycles. The minimum atomic E-state index is -0.305. The van der Waals surface area contributed by atoms with Gasteiger partial charge in [0.25, 0.3) is 5.91 Å². The molecule has 0 radical (unpaired) electrons. The molecule has 6 heteroatoms. The van der Waals surface area contributed by atoms with E-state index in [0.29, 0.717) is 17.8 Å². The predicted molar refractivity (Wildman–Crippen MR) is 91.5 cm³/mol. The fraction of sp³-hybridized carbons (Fsp3) is 0.333. The zero-order valence-corrected chi connectivity index (χ0v) is 14.1. The molecule has 0 unspecified atom stereocenters. The highest BCUT2D eigenvalue weighted by Crippen LogP contribution is 2.19. The van der Waals surface area contributed by atoms with Crippen LogP contribution in [0.25, 0.3) is 10.9 Å². The molecule has 1 aromatic carbocycles. The van der Waals surface area contributed by atoms with Gasteiger partial charge in [-0.1, -0.05) is 0 Å². The van der Waals surface area contributed by atoms with Gasteiger partial charge in [0, 0.05) is 31.2 Å². The van der Waals surface area contributed by atoms with E-state index in [2.05, 4.69) is 10.4 Å². The molecule has 24 heavy (non-hydrogen) atoms. The van der Waals surface area contributed by atoms with Crippen LogP contribution in [-0.2, 0) is 13.6 Å². The summed E-state index contributed by atoms with van der Waals surface area (Å²) in [7, 11) is 1.77. The summed E-state index contributed by atoms with van der Waals surface area (Å²) in [5, 5.41) is 8.17. The molecule has 0 aliphatic heterocycles. The first kappa shape index (κ1) is 16.2. The Morgan fingerprint density at radius 3 is 2.75 bits per heavy atom. The fourth-order valence-electron chi connectivity index (χ4n) is 2.94. The zero-order valence-electron chi connectivity index (χ0n) is 14.1. The average Bonchev–Trinajstić information content (AvgIpc) is 3.03. The first-order valence-corrected chi connectivity index (χ1v) is 8.00. The molecule has 0 fully saturated rings. The fourth-order valence-corrected chi connectivity index (χ4v) is 2.94. The maximum Gasteiger partial charge on any atom is 0.267 e. The van der Waals surface area contributed by atoms with Gasteiger partial charge >= 0.3 is 0 Å². The number of carbonyl (C=O) groups excluding carboxylic acids is 1. The Hall–Kier alpha value is -2.63. The summed E-state index contributed by atoms with van der Waals surface area (Å²) >= 11 is 0. The average molecular weight is 328 g/mol. The van der Waals surface area contributed by atoms with Crippen molar-refractivity contribution in [2.75, 3.05) is 6.54 Å². The monoisotopic (exact) mass is 328 g/mol. The van der Waals surface area contributed by atoms with Crippen LogP contribution in [0.5, 0.6) is 0 Å². The molecule has 3 rings (SSSR count). The number of nitrogens with zero attached hydrogens (tertiary/aromatic N) is 3. The van der Waals surface area contributed by atoms with E-state index in [0.717, 1.165) is 29.7 Å². The summed E-state index contributed by atoms with van der Waals surface area (Å²) in [6.45, 7) is 5.31. The molecule has 3 aromatic rings. The third-order valence-corrected chi connectivity index (χ3v) is 4.18. The van der Waals surface area contributed by atoms with E-state index in [1.54, 1.807) is 23.7 Å². The van der Waals surface area contributed by atoms with Crippen molar-refractivity contribution >= 4 is 16.8 Å². The molecule has 0 saturated carbocycles. The van der Waals surface area contributed by atoms with Gasteiger partial charge in [-0.05, 0) is 50.6 Å². The minimum Gasteiger partial charge on any atom is -0.351 e. The highest BCUT2D eigenvalue weighted by molar-refractivity contribution is 5.98. The third kappa shape index (κ3) is 3.18. The lowest BCUT2D eigenvalue weighted by atomic mass is 10.2. The maximum absolute atomic E-state index is 13.3. The molecular weight excluding hydrogens is 307 g/mol. The summed E-state index contributed by atoms with van der Waals surface area (Å²) in [6.07, 6.45) is 0.798. The Balaban J connectivity index is 1.61. The quantitative estimate of drug-likeness (QED) is 0.732. The topological polar surface area (TPSA) is 51.9 Å². The highest BCUT2D eigenvalue weighted by Gasteiger charge is 2.13. The van der Waals surface area contributed by atoms with Gasteiger partial charge in [-0.3, -0.25) is 9.48 Å². The lowest BCUT2D eigenvalue weighted by Gasteiger charge is -2.07. The molecule has 2 heterocycles. The number of hydrogen-bond acceptors (Lipinski definition) is 2. The SMILES string of the molecule is Cc1cc(C)n(CCCNC(=O)c2cc3ccc(F)cc3n2C)n1. The van der Waals surface area contributed by atoms with Crippen LogP contribution in [0.2, 0.25) is 0 Å². The van der Waals surface area contributed by atoms with E-state index in [-0.39, 0.29) is 11.7 Å². The van der Waals surface area contributed by atoms with Crippen LogP contribution in [-0.4, -0.2) is 26.8 Å². The largest absolute Gasteiger partial charge is 0.351 e. The van der Waals surface area contributed by atoms with E-state index in [1.807, 2.05) is 24.6 Å². The van der Waals surface area contributed by atoms with Crippen molar-refractivity contribution < 1.29 is 9.18 Å². The van der Waals surface area contributed by atoms with Gasteiger partial charge in [0.05, 0.1) is 11.2 Å². The van der Waals surface area contributed by atoms with Crippen LogP contribution >= 0.6 is 0 Å². The summed E-state index contributed by atoms with van der Waals surface area (Å²) in [5.74, 6) is -0.456. The number of halogens is 1. The van der Waals surface area contributed by atoms with E-state index in [9.17, 15) is 9.18 Å². The molecule has 126 valence electrons. The Morgan fingerprint density at radius 1 is 1.25 bits per heavy atom. The molecule has 0 atom stereocenters. The van der Waals surface area contributed by atoms with E-state index < -0.39 is 0 Å². The van der Waals surface area contributed by atoms with Crippen molar-refractivity contribution in [3.63, 3.8) is 0 Å². The van der Waals surface area contributed by atoms with Crippen LogP contribution < -0.4 is 5.32 Å². The number of rotatable bonds is 5. The smallest absolute Gasteiger partial charge is 0.267 e. The molecule has 0 aliphatic rings. The van der Waals surface area contributed by atoms with Crippen molar-refractivity contribution in [3.8, 4) is 0 Å². The molecule has 2 aromatic heterocycles. The van der Waals surface area contributed by atoms with Crippen molar-refractivity contribution in [3.05, 3.63) is 53.2 Å². The number of amides is 1. The van der Waals surface area contributed by atoms with Crippen LogP contribution in [0.1, 0.15) is 28.3 Å². The predicted octanol–water partition coefficient (Wildman–Crippen LogP) is 2.95. The van der Waals surface area contributed by atoms with Crippen LogP contribution in [0.15, 0.2) is 30.3 Å². The van der Waals surface area contributed by atoms with Crippen molar-refractivity contribution in [2.45, 2.75) is 26.8 Å². The van der Waals surface area contributed by atoms with Gasteiger partial charge in [0.15, 0.2) is 0 Å². The Kier molecular flexibility index (Phi) is 4.38. The van der Waals surface area contributed by atoms with Crippen molar-refractivity contribution in [1.82, 2.24) is 19.7 Å². The van der Waals surface area contributed by atoms with Gasteiger partial charge in [-0.15, -0.1) is 0 Å². The first-order valence-electron chi connectivity index (χ1n) is 8.00. The number of benzene rings is 1. The van der Waals surface area contributed by atoms with Crippen LogP contribution in [0.3, 0.4) is 0 Å². The lowest BCUT2D eigenvalue weighted by molar-refractivity contribution is 0.0945. The second-order valence-electron chi connectivity index (χ2n) is 6.05. The summed E-state index contributed by atoms with van der Waals surface area (Å²) in [5.41, 5.74) is 3.36. The number of aromatic nitrogens is 3. The molecule has 5 nitrogen and oxygen atoms in total. The number of aryl methyl sites for hydroxylation is 4. The van der Waals surface area contributed by atoms with Gasteiger partial charge in [0.1, 0.15) is 11.5 Å². The third-order valence-electron chi connectivity index (χ3n) is 4.18. The first-order chi connectivity index (χ1) is 11.5. The molecule has 0 spiro atoms. The van der Waals surface area contributed by atoms with Gasteiger partial charge in [0.2, 0.25) is 0 Å². The van der Waals surface area contributed by atoms with Gasteiger partial charge in [-0.25, -0.2) is 4.39 Å². The highest BCUT2D eigenvalue weighted by atomic mass is 19.1. The van der Waals surface area contributed by atoms with E-state index in [1.165, 1.54) is 12.1 Å². The van der Waals surface area contributed by atoms with Crippen molar-refractivity contribution in [1.29, 1.82) is 0 Å². The molecule has 0 aliphatic carbocycles. The molecular formula is C18H21FN4O. The number of nitrogens with one attached hydrogen (secondary N) is 1. The van der Waals surface area contributed by atoms with E-state index >= 15 is 0 Å². The maximum atomic E-state index is 13.3. The van der Waals surface area contributed by atoms with Gasteiger partial charge < -0.3 is 9.88 Å². The Labute approximate surface area is 140 Å². The molecule has 1 amide bonds. The number of carbonyl (C=O) groups is 1. The standard InChI is InChI=1S/C18H21FN4O/c1-12-9-13(2)23(21-12)8-4-7-20-18(24)17-10-14-5-6-15(19)11-16(14)22(17)3/h5-6,9-11H,4,7-8H2,1-3H3,(H,20,24). The normalized spacial score (nSPS) is 11.2. The second-order valence-corrected chi connectivity index (χ2v) is 6.05.